The Morgan fingerprint density at radius 1 is 1.16 bits per heavy atom. The molecule has 1 unspecified atom stereocenters. The van der Waals surface area contributed by atoms with Crippen LogP contribution in [-0.2, 0) is 0 Å². The van der Waals surface area contributed by atoms with Crippen LogP contribution in [0.3, 0.4) is 0 Å². The van der Waals surface area contributed by atoms with Gasteiger partial charge in [-0.3, -0.25) is 0 Å². The molecular formula is C15H21F2NO. The molecule has 0 bridgehead atoms. The molecule has 0 amide bonds. The first-order chi connectivity index (χ1) is 9.15. The monoisotopic (exact) mass is 269 g/mol. The SMILES string of the molecule is CC(CCN1CCCCC1)Oc1ccc(F)c(F)c1. The van der Waals surface area contributed by atoms with Crippen molar-refractivity contribution in [2.75, 3.05) is 19.6 Å². The zero-order chi connectivity index (χ0) is 13.7. The summed E-state index contributed by atoms with van der Waals surface area (Å²) >= 11 is 0. The molecule has 106 valence electrons. The molecule has 1 fully saturated rings. The summed E-state index contributed by atoms with van der Waals surface area (Å²) in [4.78, 5) is 2.44. The lowest BCUT2D eigenvalue weighted by atomic mass is 10.1. The van der Waals surface area contributed by atoms with E-state index in [9.17, 15) is 8.78 Å². The van der Waals surface area contributed by atoms with Crippen molar-refractivity contribution in [1.82, 2.24) is 4.90 Å². The van der Waals surface area contributed by atoms with Crippen molar-refractivity contribution in [3.8, 4) is 5.75 Å². The Labute approximate surface area is 113 Å². The lowest BCUT2D eigenvalue weighted by Gasteiger charge is -2.27. The van der Waals surface area contributed by atoms with Crippen LogP contribution in [0.5, 0.6) is 5.75 Å². The predicted octanol–water partition coefficient (Wildman–Crippen LogP) is 3.61. The van der Waals surface area contributed by atoms with Gasteiger partial charge in [0.15, 0.2) is 11.6 Å². The highest BCUT2D eigenvalue weighted by Gasteiger charge is 2.12. The number of hydrogen-bond donors (Lipinski definition) is 0. The first-order valence-corrected chi connectivity index (χ1v) is 6.99. The first kappa shape index (κ1) is 14.3. The van der Waals surface area contributed by atoms with E-state index < -0.39 is 11.6 Å². The fourth-order valence-corrected chi connectivity index (χ4v) is 2.39. The highest BCUT2D eigenvalue weighted by Crippen LogP contribution is 2.18. The molecule has 1 aliphatic rings. The first-order valence-electron chi connectivity index (χ1n) is 6.99. The Morgan fingerprint density at radius 2 is 1.89 bits per heavy atom. The van der Waals surface area contributed by atoms with E-state index >= 15 is 0 Å². The van der Waals surface area contributed by atoms with E-state index in [1.54, 1.807) is 0 Å². The predicted molar refractivity (Wildman–Crippen MR) is 71.4 cm³/mol. The molecule has 0 aromatic heterocycles. The lowest BCUT2D eigenvalue weighted by Crippen LogP contribution is -2.32. The van der Waals surface area contributed by atoms with Gasteiger partial charge in [-0.2, -0.15) is 0 Å². The number of nitrogens with zero attached hydrogens (tertiary/aromatic N) is 1. The largest absolute Gasteiger partial charge is 0.491 e. The second-order valence-corrected chi connectivity index (χ2v) is 5.20. The van der Waals surface area contributed by atoms with E-state index in [1.807, 2.05) is 6.92 Å². The third-order valence-electron chi connectivity index (χ3n) is 3.53. The second kappa shape index (κ2) is 6.85. The average Bonchev–Trinajstić information content (AvgIpc) is 2.42. The Hall–Kier alpha value is -1.16. The van der Waals surface area contributed by atoms with Crippen LogP contribution in [-0.4, -0.2) is 30.6 Å². The molecule has 4 heteroatoms. The van der Waals surface area contributed by atoms with Gasteiger partial charge >= 0.3 is 0 Å². The molecule has 2 rings (SSSR count). The van der Waals surface area contributed by atoms with Gasteiger partial charge in [-0.25, -0.2) is 8.78 Å². The van der Waals surface area contributed by atoms with Crippen molar-refractivity contribution >= 4 is 0 Å². The van der Waals surface area contributed by atoms with Crippen LogP contribution in [0.4, 0.5) is 8.78 Å². The summed E-state index contributed by atoms with van der Waals surface area (Å²) in [7, 11) is 0. The van der Waals surface area contributed by atoms with Gasteiger partial charge in [0.1, 0.15) is 5.75 Å². The number of rotatable bonds is 5. The topological polar surface area (TPSA) is 12.5 Å². The van der Waals surface area contributed by atoms with Crippen molar-refractivity contribution in [2.24, 2.45) is 0 Å². The number of likely N-dealkylation sites (tertiary alicyclic amines) is 1. The minimum Gasteiger partial charge on any atom is -0.491 e. The highest BCUT2D eigenvalue weighted by atomic mass is 19.2. The van der Waals surface area contributed by atoms with Gasteiger partial charge < -0.3 is 9.64 Å². The normalized spacial score (nSPS) is 18.3. The number of piperidine rings is 1. The van der Waals surface area contributed by atoms with Gasteiger partial charge in [-0.15, -0.1) is 0 Å². The van der Waals surface area contributed by atoms with Crippen molar-refractivity contribution in [1.29, 1.82) is 0 Å². The van der Waals surface area contributed by atoms with Gasteiger partial charge in [0, 0.05) is 12.6 Å². The Kier molecular flexibility index (Phi) is 5.14. The standard InChI is InChI=1S/C15H21F2NO/c1-12(7-10-18-8-3-2-4-9-18)19-13-5-6-14(16)15(17)11-13/h5-6,11-12H,2-4,7-10H2,1H3. The summed E-state index contributed by atoms with van der Waals surface area (Å²) in [6, 6.07) is 3.67. The molecule has 1 aromatic carbocycles. The van der Waals surface area contributed by atoms with Gasteiger partial charge in [-0.05, 0) is 51.4 Å². The lowest BCUT2D eigenvalue weighted by molar-refractivity contribution is 0.162. The average molecular weight is 269 g/mol. The molecule has 1 heterocycles. The highest BCUT2D eigenvalue weighted by molar-refractivity contribution is 5.23. The van der Waals surface area contributed by atoms with E-state index in [-0.39, 0.29) is 6.10 Å². The molecule has 0 radical (unpaired) electrons. The Bertz CT molecular complexity index is 405. The molecule has 1 aliphatic heterocycles. The molecule has 1 aromatic rings. The molecule has 1 saturated heterocycles. The molecule has 0 spiro atoms. The quantitative estimate of drug-likeness (QED) is 0.809. The minimum absolute atomic E-state index is 0.00628. The van der Waals surface area contributed by atoms with E-state index in [0.29, 0.717) is 5.75 Å². The van der Waals surface area contributed by atoms with E-state index in [0.717, 1.165) is 38.2 Å². The van der Waals surface area contributed by atoms with Gasteiger partial charge in [0.05, 0.1) is 6.10 Å². The Morgan fingerprint density at radius 3 is 2.58 bits per heavy atom. The molecule has 2 nitrogen and oxygen atoms in total. The third kappa shape index (κ3) is 4.46. The van der Waals surface area contributed by atoms with Crippen LogP contribution < -0.4 is 4.74 Å². The van der Waals surface area contributed by atoms with Gasteiger partial charge in [0.2, 0.25) is 0 Å². The number of ether oxygens (including phenoxy) is 1. The summed E-state index contributed by atoms with van der Waals surface area (Å²) in [5.41, 5.74) is 0. The molecule has 1 atom stereocenters. The number of hydrogen-bond acceptors (Lipinski definition) is 2. The van der Waals surface area contributed by atoms with E-state index in [4.69, 9.17) is 4.74 Å². The molecule has 0 saturated carbocycles. The maximum absolute atomic E-state index is 13.0. The minimum atomic E-state index is -0.860. The maximum Gasteiger partial charge on any atom is 0.162 e. The fraction of sp³-hybridized carbons (Fsp3) is 0.600. The summed E-state index contributed by atoms with van der Waals surface area (Å²) in [6.45, 7) is 5.30. The van der Waals surface area contributed by atoms with Crippen molar-refractivity contribution < 1.29 is 13.5 Å². The van der Waals surface area contributed by atoms with Gasteiger partial charge in [0.25, 0.3) is 0 Å². The van der Waals surface area contributed by atoms with Crippen molar-refractivity contribution in [2.45, 2.75) is 38.7 Å². The van der Waals surface area contributed by atoms with E-state index in [2.05, 4.69) is 4.90 Å². The van der Waals surface area contributed by atoms with Crippen molar-refractivity contribution in [3.05, 3.63) is 29.8 Å². The maximum atomic E-state index is 13.0. The number of halogens is 2. The smallest absolute Gasteiger partial charge is 0.162 e. The summed E-state index contributed by atoms with van der Waals surface area (Å²) in [5, 5.41) is 0. The second-order valence-electron chi connectivity index (χ2n) is 5.20. The van der Waals surface area contributed by atoms with Crippen LogP contribution in [0.25, 0.3) is 0 Å². The fourth-order valence-electron chi connectivity index (χ4n) is 2.39. The van der Waals surface area contributed by atoms with Crippen LogP contribution >= 0.6 is 0 Å². The van der Waals surface area contributed by atoms with Crippen molar-refractivity contribution in [3.63, 3.8) is 0 Å². The number of benzene rings is 1. The van der Waals surface area contributed by atoms with Crippen LogP contribution in [0.1, 0.15) is 32.6 Å². The van der Waals surface area contributed by atoms with Crippen LogP contribution in [0.15, 0.2) is 18.2 Å². The van der Waals surface area contributed by atoms with Crippen LogP contribution in [0, 0.1) is 11.6 Å². The zero-order valence-corrected chi connectivity index (χ0v) is 11.4. The summed E-state index contributed by atoms with van der Waals surface area (Å²) in [5.74, 6) is -1.31. The molecule has 0 aliphatic carbocycles. The zero-order valence-electron chi connectivity index (χ0n) is 11.4. The molecule has 19 heavy (non-hydrogen) atoms. The Balaban J connectivity index is 1.76. The van der Waals surface area contributed by atoms with Gasteiger partial charge in [-0.1, -0.05) is 6.42 Å². The third-order valence-corrected chi connectivity index (χ3v) is 3.53. The van der Waals surface area contributed by atoms with E-state index in [1.165, 1.54) is 25.3 Å². The summed E-state index contributed by atoms with van der Waals surface area (Å²) < 4.78 is 31.4. The molecular weight excluding hydrogens is 248 g/mol. The molecule has 0 N–H and O–H groups in total. The summed E-state index contributed by atoms with van der Waals surface area (Å²) in [6.07, 6.45) is 4.79. The van der Waals surface area contributed by atoms with Crippen LogP contribution in [0.2, 0.25) is 0 Å².